The molecule has 146 valence electrons. The number of amides is 1. The zero-order valence-electron chi connectivity index (χ0n) is 15.8. The van der Waals surface area contributed by atoms with Crippen molar-refractivity contribution in [2.45, 2.75) is 32.8 Å². The van der Waals surface area contributed by atoms with Gasteiger partial charge in [-0.3, -0.25) is 4.79 Å². The Kier molecular flexibility index (Phi) is 6.79. The number of carbonyl (C=O) groups excluding carboxylic acids is 1. The third-order valence-corrected chi connectivity index (χ3v) is 6.03. The van der Waals surface area contributed by atoms with Crippen LogP contribution in [0.1, 0.15) is 39.6 Å². The SMILES string of the molecule is CNCCC1CCN(C(=O)c2sc(COc3ccc(F)cc3)nc2C)CC1. The van der Waals surface area contributed by atoms with Crippen molar-refractivity contribution in [3.8, 4) is 5.75 Å². The van der Waals surface area contributed by atoms with Crippen molar-refractivity contribution in [2.24, 2.45) is 5.92 Å². The van der Waals surface area contributed by atoms with Crippen LogP contribution < -0.4 is 10.1 Å². The number of piperidine rings is 1. The maximum absolute atomic E-state index is 12.9. The Balaban J connectivity index is 1.56. The summed E-state index contributed by atoms with van der Waals surface area (Å²) in [5.41, 5.74) is 0.750. The highest BCUT2D eigenvalue weighted by Gasteiger charge is 2.26. The maximum Gasteiger partial charge on any atom is 0.265 e. The minimum absolute atomic E-state index is 0.0742. The zero-order chi connectivity index (χ0) is 19.2. The number of hydrogen-bond donors (Lipinski definition) is 1. The number of hydrogen-bond acceptors (Lipinski definition) is 5. The molecule has 1 amide bonds. The lowest BCUT2D eigenvalue weighted by molar-refractivity contribution is 0.0691. The molecule has 1 aromatic heterocycles. The largest absolute Gasteiger partial charge is 0.486 e. The average molecular weight is 392 g/mol. The highest BCUT2D eigenvalue weighted by molar-refractivity contribution is 7.13. The van der Waals surface area contributed by atoms with E-state index >= 15 is 0 Å². The van der Waals surface area contributed by atoms with Crippen LogP contribution in [-0.4, -0.2) is 42.5 Å². The first-order valence-electron chi connectivity index (χ1n) is 9.35. The van der Waals surface area contributed by atoms with Gasteiger partial charge in [0.1, 0.15) is 28.1 Å². The van der Waals surface area contributed by atoms with E-state index in [1.165, 1.54) is 29.9 Å². The molecule has 0 radical (unpaired) electrons. The summed E-state index contributed by atoms with van der Waals surface area (Å²) in [6.07, 6.45) is 3.29. The van der Waals surface area contributed by atoms with Crippen LogP contribution in [0.3, 0.4) is 0 Å². The first kappa shape index (κ1) is 19.8. The number of nitrogens with one attached hydrogen (secondary N) is 1. The molecule has 3 rings (SSSR count). The molecule has 0 spiro atoms. The molecule has 1 aromatic carbocycles. The Labute approximate surface area is 163 Å². The van der Waals surface area contributed by atoms with Crippen molar-refractivity contribution in [1.29, 1.82) is 0 Å². The molecule has 5 nitrogen and oxygen atoms in total. The van der Waals surface area contributed by atoms with Gasteiger partial charge < -0.3 is 15.0 Å². The lowest BCUT2D eigenvalue weighted by Gasteiger charge is -2.31. The van der Waals surface area contributed by atoms with Crippen LogP contribution >= 0.6 is 11.3 Å². The molecule has 0 bridgehead atoms. The molecule has 27 heavy (non-hydrogen) atoms. The quantitative estimate of drug-likeness (QED) is 0.783. The van der Waals surface area contributed by atoms with Crippen LogP contribution in [0.5, 0.6) is 5.75 Å². The zero-order valence-corrected chi connectivity index (χ0v) is 16.7. The van der Waals surface area contributed by atoms with Gasteiger partial charge >= 0.3 is 0 Å². The van der Waals surface area contributed by atoms with E-state index in [1.54, 1.807) is 12.1 Å². The normalized spacial score (nSPS) is 15.1. The van der Waals surface area contributed by atoms with Gasteiger partial charge in [-0.25, -0.2) is 9.37 Å². The van der Waals surface area contributed by atoms with Crippen molar-refractivity contribution < 1.29 is 13.9 Å². The number of thiazole rings is 1. The molecule has 1 saturated heterocycles. The maximum atomic E-state index is 12.9. The molecule has 2 aromatic rings. The minimum atomic E-state index is -0.296. The molecule has 1 fully saturated rings. The summed E-state index contributed by atoms with van der Waals surface area (Å²) in [6, 6.07) is 5.88. The average Bonchev–Trinajstić information content (AvgIpc) is 3.06. The Morgan fingerprint density at radius 1 is 1.33 bits per heavy atom. The van der Waals surface area contributed by atoms with Gasteiger partial charge in [0, 0.05) is 13.1 Å². The van der Waals surface area contributed by atoms with E-state index in [-0.39, 0.29) is 18.3 Å². The Morgan fingerprint density at radius 3 is 2.70 bits per heavy atom. The third kappa shape index (κ3) is 5.26. The lowest BCUT2D eigenvalue weighted by atomic mass is 9.93. The third-order valence-electron chi connectivity index (χ3n) is 4.92. The fraction of sp³-hybridized carbons (Fsp3) is 0.500. The van der Waals surface area contributed by atoms with Gasteiger partial charge in [0.25, 0.3) is 5.91 Å². The van der Waals surface area contributed by atoms with Crippen molar-refractivity contribution >= 4 is 17.2 Å². The number of benzene rings is 1. The van der Waals surface area contributed by atoms with Crippen molar-refractivity contribution in [2.75, 3.05) is 26.7 Å². The fourth-order valence-corrected chi connectivity index (χ4v) is 4.25. The highest BCUT2D eigenvalue weighted by Crippen LogP contribution is 2.26. The molecule has 1 aliphatic heterocycles. The van der Waals surface area contributed by atoms with Gasteiger partial charge in [-0.15, -0.1) is 11.3 Å². The lowest BCUT2D eigenvalue weighted by Crippen LogP contribution is -2.38. The van der Waals surface area contributed by atoms with Gasteiger partial charge in [-0.1, -0.05) is 0 Å². The van der Waals surface area contributed by atoms with Crippen LogP contribution in [0.2, 0.25) is 0 Å². The van der Waals surface area contributed by atoms with Gasteiger partial charge in [-0.05, 0) is 70.0 Å². The molecule has 1 N–H and O–H groups in total. The van der Waals surface area contributed by atoms with E-state index in [0.29, 0.717) is 16.5 Å². The number of halogens is 1. The Morgan fingerprint density at radius 2 is 2.04 bits per heavy atom. The molecule has 2 heterocycles. The second-order valence-corrected chi connectivity index (χ2v) is 7.98. The van der Waals surface area contributed by atoms with E-state index < -0.39 is 0 Å². The van der Waals surface area contributed by atoms with Crippen LogP contribution in [0.15, 0.2) is 24.3 Å². The number of likely N-dealkylation sites (tertiary alicyclic amines) is 1. The molecular formula is C20H26FN3O2S. The van der Waals surface area contributed by atoms with Gasteiger partial charge in [0.15, 0.2) is 0 Å². The smallest absolute Gasteiger partial charge is 0.265 e. The standard InChI is InChI=1S/C20H26FN3O2S/c1-14-19(20(25)24-11-8-15(9-12-24)7-10-22-2)27-18(23-14)13-26-17-5-3-16(21)4-6-17/h3-6,15,22H,7-13H2,1-2H3. The second kappa shape index (κ2) is 9.28. The predicted octanol–water partition coefficient (Wildman–Crippen LogP) is 3.63. The predicted molar refractivity (Wildman–Crippen MR) is 105 cm³/mol. The molecule has 1 aliphatic rings. The van der Waals surface area contributed by atoms with E-state index in [9.17, 15) is 9.18 Å². The summed E-state index contributed by atoms with van der Waals surface area (Å²) in [7, 11) is 1.97. The first-order valence-corrected chi connectivity index (χ1v) is 10.2. The number of carbonyl (C=O) groups is 1. The minimum Gasteiger partial charge on any atom is -0.486 e. The van der Waals surface area contributed by atoms with Gasteiger partial charge in [-0.2, -0.15) is 0 Å². The summed E-state index contributed by atoms with van der Waals surface area (Å²) in [4.78, 5) is 20.0. The van der Waals surface area contributed by atoms with Crippen LogP contribution in [-0.2, 0) is 6.61 Å². The Bertz CT molecular complexity index is 755. The first-order chi connectivity index (χ1) is 13.1. The summed E-state index contributed by atoms with van der Waals surface area (Å²) >= 11 is 1.39. The van der Waals surface area contributed by atoms with Gasteiger partial charge in [0.05, 0.1) is 5.69 Å². The second-order valence-electron chi connectivity index (χ2n) is 6.89. The summed E-state index contributed by atoms with van der Waals surface area (Å²) in [5, 5.41) is 3.95. The van der Waals surface area contributed by atoms with Crippen LogP contribution in [0, 0.1) is 18.7 Å². The molecule has 0 unspecified atom stereocenters. The summed E-state index contributed by atoms with van der Waals surface area (Å²) in [6.45, 7) is 4.79. The molecular weight excluding hydrogens is 365 g/mol. The fourth-order valence-electron chi connectivity index (χ4n) is 3.31. The number of aryl methyl sites for hydroxylation is 1. The monoisotopic (exact) mass is 391 g/mol. The van der Waals surface area contributed by atoms with Gasteiger partial charge in [0.2, 0.25) is 0 Å². The van der Waals surface area contributed by atoms with E-state index in [2.05, 4.69) is 10.3 Å². The number of rotatable bonds is 7. The summed E-state index contributed by atoms with van der Waals surface area (Å²) < 4.78 is 18.6. The Hall–Kier alpha value is -1.99. The van der Waals surface area contributed by atoms with E-state index in [4.69, 9.17) is 4.74 Å². The molecule has 0 aliphatic carbocycles. The van der Waals surface area contributed by atoms with E-state index in [1.807, 2.05) is 18.9 Å². The van der Waals surface area contributed by atoms with Crippen LogP contribution in [0.25, 0.3) is 0 Å². The molecule has 0 saturated carbocycles. The number of ether oxygens (including phenoxy) is 1. The highest BCUT2D eigenvalue weighted by atomic mass is 32.1. The topological polar surface area (TPSA) is 54.5 Å². The van der Waals surface area contributed by atoms with Crippen LogP contribution in [0.4, 0.5) is 4.39 Å². The van der Waals surface area contributed by atoms with Crippen molar-refractivity contribution in [3.63, 3.8) is 0 Å². The van der Waals surface area contributed by atoms with Crippen molar-refractivity contribution in [1.82, 2.24) is 15.2 Å². The molecule has 7 heteroatoms. The molecule has 0 atom stereocenters. The summed E-state index contributed by atoms with van der Waals surface area (Å²) in [5.74, 6) is 1.06. The van der Waals surface area contributed by atoms with Crippen molar-refractivity contribution in [3.05, 3.63) is 45.7 Å². The van der Waals surface area contributed by atoms with E-state index in [0.717, 1.165) is 43.2 Å². The number of aromatic nitrogens is 1. The number of nitrogens with zero attached hydrogens (tertiary/aromatic N) is 2.